The molecule has 0 heterocycles. The first kappa shape index (κ1) is 19.9. The Morgan fingerprint density at radius 3 is 2.27 bits per heavy atom. The molecule has 126 valence electrons. The standard InChI is InChI=1S/C15H25NO6/c1-7-8-21-14(19)16(10-13(18)20-6)11(2)9-12(17)22-15(3,4)5/h7,11H,1,8-10H2,2-6H3/t11-/m1/s1. The summed E-state index contributed by atoms with van der Waals surface area (Å²) in [5.74, 6) is -1.07. The molecule has 0 aliphatic rings. The molecule has 0 aliphatic heterocycles. The molecule has 0 radical (unpaired) electrons. The van der Waals surface area contributed by atoms with Crippen LogP contribution in [0.1, 0.15) is 34.1 Å². The van der Waals surface area contributed by atoms with Crippen molar-refractivity contribution < 1.29 is 28.6 Å². The predicted molar refractivity (Wildman–Crippen MR) is 80.2 cm³/mol. The molecule has 7 heteroatoms. The second kappa shape index (κ2) is 9.07. The lowest BCUT2D eigenvalue weighted by atomic mass is 10.1. The summed E-state index contributed by atoms with van der Waals surface area (Å²) >= 11 is 0. The molecular formula is C15H25NO6. The van der Waals surface area contributed by atoms with Crippen LogP contribution >= 0.6 is 0 Å². The van der Waals surface area contributed by atoms with Crippen LogP contribution in [0.2, 0.25) is 0 Å². The fraction of sp³-hybridized carbons (Fsp3) is 0.667. The summed E-state index contributed by atoms with van der Waals surface area (Å²) in [4.78, 5) is 36.3. The molecule has 0 aliphatic carbocycles. The van der Waals surface area contributed by atoms with E-state index in [2.05, 4.69) is 11.3 Å². The number of methoxy groups -OCH3 is 1. The highest BCUT2D eigenvalue weighted by atomic mass is 16.6. The Kier molecular flexibility index (Phi) is 8.22. The highest BCUT2D eigenvalue weighted by Gasteiger charge is 2.28. The predicted octanol–water partition coefficient (Wildman–Crippen LogP) is 1.90. The Morgan fingerprint density at radius 1 is 1.23 bits per heavy atom. The topological polar surface area (TPSA) is 82.1 Å². The SMILES string of the molecule is C=CCOC(=O)N(CC(=O)OC)[C@H](C)CC(=O)OC(C)(C)C. The molecule has 0 N–H and O–H groups in total. The maximum Gasteiger partial charge on any atom is 0.410 e. The van der Waals surface area contributed by atoms with E-state index in [1.807, 2.05) is 0 Å². The first-order chi connectivity index (χ1) is 10.1. The van der Waals surface area contributed by atoms with Gasteiger partial charge in [-0.15, -0.1) is 0 Å². The zero-order valence-electron chi connectivity index (χ0n) is 13.9. The molecule has 1 atom stereocenters. The summed E-state index contributed by atoms with van der Waals surface area (Å²) in [6, 6.07) is -0.578. The van der Waals surface area contributed by atoms with E-state index in [0.29, 0.717) is 0 Å². The average Bonchev–Trinajstić information content (AvgIpc) is 2.39. The number of hydrogen-bond donors (Lipinski definition) is 0. The fourth-order valence-corrected chi connectivity index (χ4v) is 1.55. The number of esters is 2. The van der Waals surface area contributed by atoms with Gasteiger partial charge in [0.1, 0.15) is 18.8 Å². The number of rotatable bonds is 7. The number of nitrogens with zero attached hydrogens (tertiary/aromatic N) is 1. The Labute approximate surface area is 131 Å². The van der Waals surface area contributed by atoms with E-state index in [9.17, 15) is 14.4 Å². The smallest absolute Gasteiger partial charge is 0.410 e. The monoisotopic (exact) mass is 315 g/mol. The van der Waals surface area contributed by atoms with Gasteiger partial charge in [0.15, 0.2) is 0 Å². The summed E-state index contributed by atoms with van der Waals surface area (Å²) in [7, 11) is 1.22. The van der Waals surface area contributed by atoms with Crippen LogP contribution in [-0.4, -0.2) is 54.8 Å². The van der Waals surface area contributed by atoms with Crippen molar-refractivity contribution in [2.24, 2.45) is 0 Å². The first-order valence-corrected chi connectivity index (χ1v) is 6.93. The molecule has 0 unspecified atom stereocenters. The Balaban J connectivity index is 4.83. The van der Waals surface area contributed by atoms with Gasteiger partial charge in [0.25, 0.3) is 0 Å². The number of carbonyl (C=O) groups excluding carboxylic acids is 3. The first-order valence-electron chi connectivity index (χ1n) is 6.93. The number of amides is 1. The van der Waals surface area contributed by atoms with Crippen LogP contribution in [0.15, 0.2) is 12.7 Å². The van der Waals surface area contributed by atoms with E-state index in [-0.39, 0.29) is 19.6 Å². The minimum absolute atomic E-state index is 0.00959. The lowest BCUT2D eigenvalue weighted by Crippen LogP contribution is -2.44. The van der Waals surface area contributed by atoms with Gasteiger partial charge in [-0.1, -0.05) is 12.7 Å². The molecule has 0 spiro atoms. The summed E-state index contributed by atoms with van der Waals surface area (Å²) in [6.45, 7) is 10.0. The summed E-state index contributed by atoms with van der Waals surface area (Å²) < 4.78 is 14.7. The van der Waals surface area contributed by atoms with E-state index < -0.39 is 29.7 Å². The van der Waals surface area contributed by atoms with Crippen molar-refractivity contribution in [2.45, 2.75) is 45.8 Å². The Hall–Kier alpha value is -2.05. The fourth-order valence-electron chi connectivity index (χ4n) is 1.55. The lowest BCUT2D eigenvalue weighted by molar-refractivity contribution is -0.156. The van der Waals surface area contributed by atoms with Gasteiger partial charge in [0, 0.05) is 6.04 Å². The van der Waals surface area contributed by atoms with Crippen LogP contribution in [0, 0.1) is 0 Å². The second-order valence-corrected chi connectivity index (χ2v) is 5.71. The molecule has 0 rings (SSSR count). The maximum atomic E-state index is 12.0. The van der Waals surface area contributed by atoms with Crippen LogP contribution in [0.4, 0.5) is 4.79 Å². The van der Waals surface area contributed by atoms with Gasteiger partial charge in [0.05, 0.1) is 13.5 Å². The Bertz CT molecular complexity index is 413. The van der Waals surface area contributed by atoms with Gasteiger partial charge in [-0.2, -0.15) is 0 Å². The van der Waals surface area contributed by atoms with Crippen LogP contribution < -0.4 is 0 Å². The molecule has 0 aromatic carbocycles. The summed E-state index contributed by atoms with van der Waals surface area (Å²) in [5, 5.41) is 0. The van der Waals surface area contributed by atoms with Crippen molar-refractivity contribution in [1.29, 1.82) is 0 Å². The van der Waals surface area contributed by atoms with Crippen LogP contribution in [0.5, 0.6) is 0 Å². The van der Waals surface area contributed by atoms with Crippen molar-refractivity contribution in [1.82, 2.24) is 4.90 Å². The van der Waals surface area contributed by atoms with Gasteiger partial charge < -0.3 is 14.2 Å². The molecule has 0 aromatic heterocycles. The maximum absolute atomic E-state index is 12.0. The van der Waals surface area contributed by atoms with E-state index in [1.54, 1.807) is 27.7 Å². The summed E-state index contributed by atoms with van der Waals surface area (Å²) in [5.41, 5.74) is -0.618. The van der Waals surface area contributed by atoms with Gasteiger partial charge in [-0.05, 0) is 27.7 Å². The van der Waals surface area contributed by atoms with Crippen molar-refractivity contribution in [2.75, 3.05) is 20.3 Å². The molecule has 0 fully saturated rings. The molecule has 1 amide bonds. The highest BCUT2D eigenvalue weighted by Crippen LogP contribution is 2.13. The molecular weight excluding hydrogens is 290 g/mol. The number of ether oxygens (including phenoxy) is 3. The van der Waals surface area contributed by atoms with Crippen LogP contribution in [-0.2, 0) is 23.8 Å². The molecule has 0 aromatic rings. The van der Waals surface area contributed by atoms with Crippen molar-refractivity contribution >= 4 is 18.0 Å². The van der Waals surface area contributed by atoms with Gasteiger partial charge in [0.2, 0.25) is 0 Å². The second-order valence-electron chi connectivity index (χ2n) is 5.71. The number of carbonyl (C=O) groups is 3. The molecule has 22 heavy (non-hydrogen) atoms. The van der Waals surface area contributed by atoms with Crippen LogP contribution in [0.25, 0.3) is 0 Å². The highest BCUT2D eigenvalue weighted by molar-refractivity contribution is 5.79. The third-order valence-corrected chi connectivity index (χ3v) is 2.50. The third-order valence-electron chi connectivity index (χ3n) is 2.50. The van der Waals surface area contributed by atoms with E-state index in [0.717, 1.165) is 4.90 Å². The van der Waals surface area contributed by atoms with Crippen molar-refractivity contribution in [3.8, 4) is 0 Å². The van der Waals surface area contributed by atoms with Crippen molar-refractivity contribution in [3.05, 3.63) is 12.7 Å². The zero-order chi connectivity index (χ0) is 17.3. The quantitative estimate of drug-likeness (QED) is 0.405. The third kappa shape index (κ3) is 8.28. The van der Waals surface area contributed by atoms with Gasteiger partial charge in [-0.25, -0.2) is 4.79 Å². The molecule has 7 nitrogen and oxygen atoms in total. The molecule has 0 saturated heterocycles. The minimum Gasteiger partial charge on any atom is -0.468 e. The largest absolute Gasteiger partial charge is 0.468 e. The number of hydrogen-bond acceptors (Lipinski definition) is 6. The van der Waals surface area contributed by atoms with Gasteiger partial charge in [-0.3, -0.25) is 14.5 Å². The van der Waals surface area contributed by atoms with Crippen LogP contribution in [0.3, 0.4) is 0 Å². The zero-order valence-corrected chi connectivity index (χ0v) is 13.9. The van der Waals surface area contributed by atoms with Gasteiger partial charge >= 0.3 is 18.0 Å². The summed E-state index contributed by atoms with van der Waals surface area (Å²) in [6.07, 6.45) is 0.630. The molecule has 0 bridgehead atoms. The van der Waals surface area contributed by atoms with Crippen molar-refractivity contribution in [3.63, 3.8) is 0 Å². The molecule has 0 saturated carbocycles. The lowest BCUT2D eigenvalue weighted by Gasteiger charge is -2.28. The van der Waals surface area contributed by atoms with E-state index >= 15 is 0 Å². The van der Waals surface area contributed by atoms with E-state index in [4.69, 9.17) is 9.47 Å². The average molecular weight is 315 g/mol. The van der Waals surface area contributed by atoms with E-state index in [1.165, 1.54) is 13.2 Å². The normalized spacial score (nSPS) is 12.0. The minimum atomic E-state index is -0.721. The Morgan fingerprint density at radius 2 is 1.82 bits per heavy atom.